The average Bonchev–Trinajstić information content (AvgIpc) is 3.12. The number of carbonyl (C=O) groups excluding carboxylic acids is 2. The molecule has 4 rings (SSSR count). The maximum Gasteiger partial charge on any atom is 0.258 e. The molecule has 0 spiro atoms. The average molecular weight is 385 g/mol. The van der Waals surface area contributed by atoms with Crippen molar-refractivity contribution >= 4 is 11.8 Å². The Morgan fingerprint density at radius 3 is 2.57 bits per heavy atom. The van der Waals surface area contributed by atoms with Crippen molar-refractivity contribution in [2.24, 2.45) is 5.92 Å². The highest BCUT2D eigenvalue weighted by Gasteiger charge is 2.49. The number of benzene rings is 1. The Balaban J connectivity index is 1.66. The largest absolute Gasteiger partial charge is 0.496 e. The van der Waals surface area contributed by atoms with Crippen molar-refractivity contribution in [1.82, 2.24) is 9.80 Å². The van der Waals surface area contributed by atoms with Crippen molar-refractivity contribution in [3.8, 4) is 5.75 Å². The Morgan fingerprint density at radius 1 is 1.04 bits per heavy atom. The summed E-state index contributed by atoms with van der Waals surface area (Å²) < 4.78 is 5.45. The molecule has 1 aliphatic carbocycles. The van der Waals surface area contributed by atoms with E-state index in [4.69, 9.17) is 4.74 Å². The van der Waals surface area contributed by atoms with Crippen molar-refractivity contribution in [1.29, 1.82) is 0 Å². The molecular formula is C23H32N2O3. The van der Waals surface area contributed by atoms with Gasteiger partial charge in [0.25, 0.3) is 5.91 Å². The van der Waals surface area contributed by atoms with Gasteiger partial charge in [0, 0.05) is 18.6 Å². The van der Waals surface area contributed by atoms with E-state index in [1.807, 2.05) is 34.1 Å². The third kappa shape index (κ3) is 3.40. The molecule has 28 heavy (non-hydrogen) atoms. The second-order valence-electron chi connectivity index (χ2n) is 8.65. The van der Waals surface area contributed by atoms with Crippen LogP contribution in [0.5, 0.6) is 5.75 Å². The lowest BCUT2D eigenvalue weighted by atomic mass is 9.84. The number of likely N-dealkylation sites (tertiary alicyclic amines) is 2. The van der Waals surface area contributed by atoms with Gasteiger partial charge in [-0.05, 0) is 63.5 Å². The molecule has 0 aromatic heterocycles. The summed E-state index contributed by atoms with van der Waals surface area (Å²) in [7, 11) is 1.59. The molecule has 3 fully saturated rings. The van der Waals surface area contributed by atoms with Crippen molar-refractivity contribution in [2.45, 2.75) is 76.4 Å². The summed E-state index contributed by atoms with van der Waals surface area (Å²) in [5.41, 5.74) is 0.570. The number of methoxy groups -OCH3 is 1. The maximum atomic E-state index is 13.6. The van der Waals surface area contributed by atoms with Crippen LogP contribution in [0.25, 0.3) is 0 Å². The van der Waals surface area contributed by atoms with Gasteiger partial charge in [0.2, 0.25) is 5.91 Å². The monoisotopic (exact) mass is 384 g/mol. The number of hydrogen-bond donors (Lipinski definition) is 0. The van der Waals surface area contributed by atoms with Crippen LogP contribution in [0.4, 0.5) is 0 Å². The second-order valence-corrected chi connectivity index (χ2v) is 8.65. The third-order valence-corrected chi connectivity index (χ3v) is 7.03. The number of piperidine rings is 1. The smallest absolute Gasteiger partial charge is 0.258 e. The Kier molecular flexibility index (Phi) is 5.61. The lowest BCUT2D eigenvalue weighted by molar-refractivity contribution is -0.139. The quantitative estimate of drug-likeness (QED) is 0.795. The molecule has 5 nitrogen and oxygen atoms in total. The summed E-state index contributed by atoms with van der Waals surface area (Å²) in [5, 5.41) is 0. The molecule has 0 radical (unpaired) electrons. The van der Waals surface area contributed by atoms with E-state index in [-0.39, 0.29) is 29.9 Å². The molecule has 2 amide bonds. The number of fused-ring (bicyclic) bond motifs is 1. The van der Waals surface area contributed by atoms with E-state index < -0.39 is 0 Å². The van der Waals surface area contributed by atoms with E-state index in [0.717, 1.165) is 45.1 Å². The number of ether oxygens (including phenoxy) is 1. The lowest BCUT2D eigenvalue weighted by Gasteiger charge is -2.39. The Bertz CT molecular complexity index is 734. The SMILES string of the molecule is COc1ccccc1C(=O)N1C(C(=O)N2CCCCC2C)CC2CCCCC21. The number of amides is 2. The van der Waals surface area contributed by atoms with Crippen molar-refractivity contribution < 1.29 is 14.3 Å². The van der Waals surface area contributed by atoms with Gasteiger partial charge in [-0.3, -0.25) is 9.59 Å². The highest BCUT2D eigenvalue weighted by molar-refractivity contribution is 6.00. The van der Waals surface area contributed by atoms with Crippen LogP contribution in [0.1, 0.15) is 68.6 Å². The van der Waals surface area contributed by atoms with E-state index in [1.54, 1.807) is 7.11 Å². The van der Waals surface area contributed by atoms with Gasteiger partial charge in [-0.1, -0.05) is 25.0 Å². The summed E-state index contributed by atoms with van der Waals surface area (Å²) in [6.07, 6.45) is 8.60. The van der Waals surface area contributed by atoms with Crippen LogP contribution < -0.4 is 4.74 Å². The first-order chi connectivity index (χ1) is 13.6. The molecule has 152 valence electrons. The zero-order valence-electron chi connectivity index (χ0n) is 17.1. The van der Waals surface area contributed by atoms with Crippen molar-refractivity contribution in [2.75, 3.05) is 13.7 Å². The standard InChI is InChI=1S/C23H32N2O3/c1-16-9-7-8-14-24(16)23(27)20-15-17-10-3-5-12-19(17)25(20)22(26)18-11-4-6-13-21(18)28-2/h4,6,11,13,16-17,19-20H,3,5,7-10,12,14-15H2,1-2H3. The Labute approximate surface area is 168 Å². The maximum absolute atomic E-state index is 13.6. The number of rotatable bonds is 3. The first-order valence-electron chi connectivity index (χ1n) is 10.9. The van der Waals surface area contributed by atoms with Gasteiger partial charge >= 0.3 is 0 Å². The van der Waals surface area contributed by atoms with Gasteiger partial charge < -0.3 is 14.5 Å². The first-order valence-corrected chi connectivity index (χ1v) is 10.9. The molecule has 1 aromatic rings. The Hall–Kier alpha value is -2.04. The predicted octanol–water partition coefficient (Wildman–Crippen LogP) is 3.87. The van der Waals surface area contributed by atoms with E-state index in [0.29, 0.717) is 17.2 Å². The van der Waals surface area contributed by atoms with E-state index in [9.17, 15) is 9.59 Å². The van der Waals surface area contributed by atoms with Gasteiger partial charge in [0.05, 0.1) is 12.7 Å². The summed E-state index contributed by atoms with van der Waals surface area (Å²) in [6.45, 7) is 2.97. The van der Waals surface area contributed by atoms with E-state index in [1.165, 1.54) is 12.8 Å². The molecule has 2 aliphatic heterocycles. The van der Waals surface area contributed by atoms with Gasteiger partial charge in [-0.15, -0.1) is 0 Å². The normalized spacial score (nSPS) is 30.1. The summed E-state index contributed by atoms with van der Waals surface area (Å²) in [6, 6.07) is 7.51. The van der Waals surface area contributed by atoms with Crippen LogP contribution in [0.15, 0.2) is 24.3 Å². The van der Waals surface area contributed by atoms with Crippen molar-refractivity contribution in [3.63, 3.8) is 0 Å². The fourth-order valence-electron chi connectivity index (χ4n) is 5.55. The topological polar surface area (TPSA) is 49.9 Å². The molecule has 0 bridgehead atoms. The van der Waals surface area contributed by atoms with Crippen LogP contribution in [0.2, 0.25) is 0 Å². The number of nitrogens with zero attached hydrogens (tertiary/aromatic N) is 2. The molecular weight excluding hydrogens is 352 g/mol. The van der Waals surface area contributed by atoms with Crippen LogP contribution in [-0.2, 0) is 4.79 Å². The molecule has 4 unspecified atom stereocenters. The van der Waals surface area contributed by atoms with E-state index >= 15 is 0 Å². The van der Waals surface area contributed by atoms with E-state index in [2.05, 4.69) is 6.92 Å². The third-order valence-electron chi connectivity index (χ3n) is 7.03. The lowest BCUT2D eigenvalue weighted by Crippen LogP contribution is -2.53. The van der Waals surface area contributed by atoms with Gasteiger partial charge in [-0.2, -0.15) is 0 Å². The highest BCUT2D eigenvalue weighted by Crippen LogP contribution is 2.42. The Morgan fingerprint density at radius 2 is 1.79 bits per heavy atom. The highest BCUT2D eigenvalue weighted by atomic mass is 16.5. The van der Waals surface area contributed by atoms with Gasteiger partial charge in [0.1, 0.15) is 11.8 Å². The second kappa shape index (κ2) is 8.14. The van der Waals surface area contributed by atoms with Crippen LogP contribution in [0.3, 0.4) is 0 Å². The van der Waals surface area contributed by atoms with Crippen molar-refractivity contribution in [3.05, 3.63) is 29.8 Å². The summed E-state index contributed by atoms with van der Waals surface area (Å²) in [4.78, 5) is 31.2. The number of para-hydroxylation sites is 1. The minimum Gasteiger partial charge on any atom is -0.496 e. The molecule has 2 heterocycles. The molecule has 1 aromatic carbocycles. The zero-order chi connectivity index (χ0) is 19.7. The van der Waals surface area contributed by atoms with Gasteiger partial charge in [0.15, 0.2) is 0 Å². The summed E-state index contributed by atoms with van der Waals surface area (Å²) >= 11 is 0. The molecule has 4 atom stereocenters. The van der Waals surface area contributed by atoms with Gasteiger partial charge in [-0.25, -0.2) is 0 Å². The molecule has 1 saturated carbocycles. The molecule has 3 aliphatic rings. The van der Waals surface area contributed by atoms with Crippen LogP contribution in [-0.4, -0.2) is 53.4 Å². The molecule has 2 saturated heterocycles. The summed E-state index contributed by atoms with van der Waals surface area (Å²) in [5.74, 6) is 1.14. The molecule has 5 heteroatoms. The minimum absolute atomic E-state index is 0.0464. The fourth-order valence-corrected chi connectivity index (χ4v) is 5.55. The van der Waals surface area contributed by atoms with Crippen LogP contribution in [0, 0.1) is 5.92 Å². The number of carbonyl (C=O) groups is 2. The zero-order valence-corrected chi connectivity index (χ0v) is 17.1. The fraction of sp³-hybridized carbons (Fsp3) is 0.652. The first kappa shape index (κ1) is 19.3. The molecule has 0 N–H and O–H groups in total. The van der Waals surface area contributed by atoms with Crippen LogP contribution >= 0.6 is 0 Å². The predicted molar refractivity (Wildman–Crippen MR) is 108 cm³/mol. The minimum atomic E-state index is -0.328. The number of hydrogen-bond acceptors (Lipinski definition) is 3.